The molecule has 0 saturated heterocycles. The molecule has 0 fully saturated rings. The summed E-state index contributed by atoms with van der Waals surface area (Å²) < 4.78 is 0. The largest absolute Gasteiger partial charge is 0.350 e. The quantitative estimate of drug-likeness (QED) is 0.520. The predicted octanol–water partition coefficient (Wildman–Crippen LogP) is 4.31. The molecule has 0 bridgehead atoms. The summed E-state index contributed by atoms with van der Waals surface area (Å²) in [6.07, 6.45) is 0. The lowest BCUT2D eigenvalue weighted by atomic mass is 10.1. The highest BCUT2D eigenvalue weighted by Crippen LogP contribution is 2.24. The molecular weight excluding hydrogens is 350 g/mol. The van der Waals surface area contributed by atoms with Crippen LogP contribution in [0.4, 0.5) is 0 Å². The van der Waals surface area contributed by atoms with Gasteiger partial charge in [0.1, 0.15) is 0 Å². The Balaban J connectivity index is 1.67. The van der Waals surface area contributed by atoms with E-state index in [1.54, 1.807) is 11.3 Å². The Morgan fingerprint density at radius 3 is 2.72 bits per heavy atom. The van der Waals surface area contributed by atoms with Crippen molar-refractivity contribution in [3.05, 3.63) is 64.5 Å². The van der Waals surface area contributed by atoms with Crippen molar-refractivity contribution in [2.75, 3.05) is 0 Å². The second-order valence-electron chi connectivity index (χ2n) is 5.60. The van der Waals surface area contributed by atoms with E-state index < -0.39 is 0 Å². The fourth-order valence-corrected chi connectivity index (χ4v) is 3.79. The van der Waals surface area contributed by atoms with Gasteiger partial charge >= 0.3 is 0 Å². The van der Waals surface area contributed by atoms with Crippen molar-refractivity contribution in [1.82, 2.24) is 15.3 Å². The van der Waals surface area contributed by atoms with E-state index in [2.05, 4.69) is 15.3 Å². The van der Waals surface area contributed by atoms with Gasteiger partial charge in [0.15, 0.2) is 5.16 Å². The van der Waals surface area contributed by atoms with Crippen LogP contribution in [0.2, 0.25) is 0 Å². The first-order chi connectivity index (χ1) is 12.1. The lowest BCUT2D eigenvalue weighted by Gasteiger charge is -2.12. The van der Waals surface area contributed by atoms with E-state index in [0.717, 1.165) is 21.8 Å². The van der Waals surface area contributed by atoms with Crippen molar-refractivity contribution < 1.29 is 4.79 Å². The van der Waals surface area contributed by atoms with E-state index >= 15 is 0 Å². The molecular formula is C19H19N3OS2. The first kappa shape index (κ1) is 17.6. The number of benzene rings is 1. The number of carbonyl (C=O) groups excluding carboxylic acids is 1. The smallest absolute Gasteiger partial charge is 0.233 e. The van der Waals surface area contributed by atoms with Gasteiger partial charge in [0, 0.05) is 16.1 Å². The van der Waals surface area contributed by atoms with Gasteiger partial charge in [-0.15, -0.1) is 11.3 Å². The molecule has 6 heteroatoms. The van der Waals surface area contributed by atoms with Gasteiger partial charge in [0.25, 0.3) is 0 Å². The summed E-state index contributed by atoms with van der Waals surface area (Å²) in [5, 5.41) is 5.33. The van der Waals surface area contributed by atoms with E-state index in [1.165, 1.54) is 11.8 Å². The summed E-state index contributed by atoms with van der Waals surface area (Å²) >= 11 is 3.02. The number of hydrogen-bond acceptors (Lipinski definition) is 5. The number of carbonyl (C=O) groups is 1. The maximum absolute atomic E-state index is 12.3. The maximum Gasteiger partial charge on any atom is 0.233 e. The number of nitrogens with zero attached hydrogens (tertiary/aromatic N) is 2. The highest BCUT2D eigenvalue weighted by molar-refractivity contribution is 8.00. The molecule has 0 spiro atoms. The zero-order valence-corrected chi connectivity index (χ0v) is 15.7. The molecule has 0 radical (unpaired) electrons. The summed E-state index contributed by atoms with van der Waals surface area (Å²) in [6, 6.07) is 15.9. The van der Waals surface area contributed by atoms with Crippen molar-refractivity contribution in [3.8, 4) is 11.3 Å². The number of thioether (sulfide) groups is 1. The molecule has 0 aliphatic heterocycles. The van der Waals surface area contributed by atoms with Gasteiger partial charge in [-0.2, -0.15) is 0 Å². The van der Waals surface area contributed by atoms with Crippen LogP contribution in [0.1, 0.15) is 17.5 Å². The van der Waals surface area contributed by atoms with Crippen LogP contribution >= 0.6 is 23.1 Å². The van der Waals surface area contributed by atoms with Crippen LogP contribution in [-0.4, -0.2) is 21.1 Å². The van der Waals surface area contributed by atoms with Gasteiger partial charge in [-0.05, 0) is 31.4 Å². The molecule has 3 rings (SSSR count). The molecule has 128 valence electrons. The SMILES string of the molecule is Cc1cc(-c2ccccc2)nc(SC(C)C(=O)NCc2cccs2)n1. The minimum Gasteiger partial charge on any atom is -0.350 e. The highest BCUT2D eigenvalue weighted by atomic mass is 32.2. The Morgan fingerprint density at radius 1 is 1.20 bits per heavy atom. The van der Waals surface area contributed by atoms with Crippen LogP contribution < -0.4 is 5.32 Å². The predicted molar refractivity (Wildman–Crippen MR) is 104 cm³/mol. The molecule has 1 amide bonds. The van der Waals surface area contributed by atoms with Gasteiger partial charge in [-0.1, -0.05) is 48.2 Å². The second kappa shape index (κ2) is 8.27. The van der Waals surface area contributed by atoms with Gasteiger partial charge in [-0.3, -0.25) is 4.79 Å². The molecule has 2 aromatic heterocycles. The Hall–Kier alpha value is -2.18. The third-order valence-electron chi connectivity index (χ3n) is 3.57. The van der Waals surface area contributed by atoms with E-state index in [1.807, 2.05) is 67.8 Å². The monoisotopic (exact) mass is 369 g/mol. The molecule has 1 atom stereocenters. The van der Waals surface area contributed by atoms with E-state index in [-0.39, 0.29) is 11.2 Å². The highest BCUT2D eigenvalue weighted by Gasteiger charge is 2.17. The van der Waals surface area contributed by atoms with Crippen LogP contribution in [-0.2, 0) is 11.3 Å². The number of aryl methyl sites for hydroxylation is 1. The first-order valence-electron chi connectivity index (χ1n) is 7.99. The number of aromatic nitrogens is 2. The van der Waals surface area contributed by atoms with E-state index in [0.29, 0.717) is 11.7 Å². The molecule has 4 nitrogen and oxygen atoms in total. The van der Waals surface area contributed by atoms with Crippen molar-refractivity contribution >= 4 is 29.0 Å². The zero-order valence-electron chi connectivity index (χ0n) is 14.1. The number of hydrogen-bond donors (Lipinski definition) is 1. The summed E-state index contributed by atoms with van der Waals surface area (Å²) in [7, 11) is 0. The van der Waals surface area contributed by atoms with Crippen molar-refractivity contribution in [3.63, 3.8) is 0 Å². The van der Waals surface area contributed by atoms with Gasteiger partial charge in [-0.25, -0.2) is 9.97 Å². The van der Waals surface area contributed by atoms with Crippen molar-refractivity contribution in [1.29, 1.82) is 0 Å². The van der Waals surface area contributed by atoms with Gasteiger partial charge < -0.3 is 5.32 Å². The average molecular weight is 370 g/mol. The molecule has 3 aromatic rings. The van der Waals surface area contributed by atoms with Crippen LogP contribution in [0.3, 0.4) is 0 Å². The maximum atomic E-state index is 12.3. The fourth-order valence-electron chi connectivity index (χ4n) is 2.29. The minimum atomic E-state index is -0.259. The standard InChI is InChI=1S/C19H19N3OS2/c1-13-11-17(15-7-4-3-5-8-15)22-19(21-13)25-14(2)18(23)20-12-16-9-6-10-24-16/h3-11,14H,12H2,1-2H3,(H,20,23). The molecule has 0 aliphatic rings. The fraction of sp³-hybridized carbons (Fsp3) is 0.211. The van der Waals surface area contributed by atoms with Crippen LogP contribution in [0.5, 0.6) is 0 Å². The normalized spacial score (nSPS) is 11.9. The zero-order chi connectivity index (χ0) is 17.6. The lowest BCUT2D eigenvalue weighted by Crippen LogP contribution is -2.30. The Morgan fingerprint density at radius 2 is 2.00 bits per heavy atom. The van der Waals surface area contributed by atoms with Gasteiger partial charge in [0.05, 0.1) is 17.5 Å². The molecule has 25 heavy (non-hydrogen) atoms. The van der Waals surface area contributed by atoms with Crippen LogP contribution in [0.25, 0.3) is 11.3 Å². The van der Waals surface area contributed by atoms with E-state index in [9.17, 15) is 4.79 Å². The Kier molecular flexibility index (Phi) is 5.83. The molecule has 1 unspecified atom stereocenters. The molecule has 2 heterocycles. The van der Waals surface area contributed by atoms with E-state index in [4.69, 9.17) is 0 Å². The first-order valence-corrected chi connectivity index (χ1v) is 9.75. The summed E-state index contributed by atoms with van der Waals surface area (Å²) in [5.74, 6) is -0.00947. The summed E-state index contributed by atoms with van der Waals surface area (Å²) in [5.41, 5.74) is 2.81. The number of amides is 1. The molecule has 1 aromatic carbocycles. The third-order valence-corrected chi connectivity index (χ3v) is 5.41. The van der Waals surface area contributed by atoms with Gasteiger partial charge in [0.2, 0.25) is 5.91 Å². The minimum absolute atomic E-state index is 0.00947. The average Bonchev–Trinajstić information content (AvgIpc) is 3.13. The second-order valence-corrected chi connectivity index (χ2v) is 7.94. The Bertz CT molecular complexity index is 835. The molecule has 0 aliphatic carbocycles. The van der Waals surface area contributed by atoms with Crippen LogP contribution in [0, 0.1) is 6.92 Å². The number of rotatable bonds is 6. The topological polar surface area (TPSA) is 54.9 Å². The van der Waals surface area contributed by atoms with Crippen molar-refractivity contribution in [2.45, 2.75) is 30.8 Å². The summed E-state index contributed by atoms with van der Waals surface area (Å²) in [4.78, 5) is 22.5. The Labute approximate surface area is 155 Å². The van der Waals surface area contributed by atoms with Crippen molar-refractivity contribution in [2.24, 2.45) is 0 Å². The molecule has 0 saturated carbocycles. The molecule has 1 N–H and O–H groups in total. The number of thiophene rings is 1. The summed E-state index contributed by atoms with van der Waals surface area (Å²) in [6.45, 7) is 4.38. The lowest BCUT2D eigenvalue weighted by molar-refractivity contribution is -0.120. The van der Waals surface area contributed by atoms with Crippen LogP contribution in [0.15, 0.2) is 59.1 Å². The number of nitrogens with one attached hydrogen (secondary N) is 1. The third kappa shape index (κ3) is 4.90.